The summed E-state index contributed by atoms with van der Waals surface area (Å²) < 4.78 is 0. The normalized spacial score (nSPS) is 14.6. The number of hydrogen-bond donors (Lipinski definition) is 0. The highest BCUT2D eigenvalue weighted by molar-refractivity contribution is 4.65. The van der Waals surface area contributed by atoms with Crippen molar-refractivity contribution in [1.82, 2.24) is 0 Å². The van der Waals surface area contributed by atoms with Crippen LogP contribution in [-0.4, -0.2) is 0 Å². The highest BCUT2D eigenvalue weighted by atomic mass is 14.2. The quantitative estimate of drug-likeness (QED) is 0.278. The van der Waals surface area contributed by atoms with Gasteiger partial charge in [-0.2, -0.15) is 0 Å². The van der Waals surface area contributed by atoms with Gasteiger partial charge in [-0.1, -0.05) is 142 Å². The zero-order chi connectivity index (χ0) is 18.6. The molecule has 0 aliphatic heterocycles. The van der Waals surface area contributed by atoms with E-state index < -0.39 is 0 Å². The SMILES string of the molecule is C.C.C.CC(C)CCCC(C)CCCC(C)CCCC(C)CCC(C)(C)C. The zero-order valence-electron chi connectivity index (χ0n) is 18.6. The van der Waals surface area contributed by atoms with E-state index in [1.807, 2.05) is 0 Å². The first-order valence-electron chi connectivity index (χ1n) is 11.1. The van der Waals surface area contributed by atoms with E-state index in [9.17, 15) is 0 Å². The van der Waals surface area contributed by atoms with Crippen LogP contribution in [0.2, 0.25) is 0 Å². The van der Waals surface area contributed by atoms with Crippen molar-refractivity contribution in [3.05, 3.63) is 0 Å². The molecule has 0 heterocycles. The second-order valence-corrected chi connectivity index (χ2v) is 10.6. The van der Waals surface area contributed by atoms with E-state index in [2.05, 4.69) is 55.4 Å². The molecule has 0 aliphatic rings. The predicted octanol–water partition coefficient (Wildman–Crippen LogP) is 10.8. The van der Waals surface area contributed by atoms with Crippen LogP contribution in [-0.2, 0) is 0 Å². The van der Waals surface area contributed by atoms with Gasteiger partial charge in [-0.25, -0.2) is 0 Å². The molecule has 0 aromatic heterocycles. The lowest BCUT2D eigenvalue weighted by Crippen LogP contribution is -2.08. The molecule has 0 aromatic carbocycles. The molecule has 0 amide bonds. The van der Waals surface area contributed by atoms with Crippen LogP contribution in [0.1, 0.15) is 148 Å². The third-order valence-electron chi connectivity index (χ3n) is 5.65. The lowest BCUT2D eigenvalue weighted by atomic mass is 9.85. The van der Waals surface area contributed by atoms with E-state index in [-0.39, 0.29) is 22.3 Å². The summed E-state index contributed by atoms with van der Waals surface area (Å²) in [5, 5.41) is 0. The average Bonchev–Trinajstić information content (AvgIpc) is 2.44. The molecule has 0 spiro atoms. The summed E-state index contributed by atoms with van der Waals surface area (Å²) in [5.41, 5.74) is 0.507. The molecule has 27 heavy (non-hydrogen) atoms. The van der Waals surface area contributed by atoms with Crippen LogP contribution in [0.4, 0.5) is 0 Å². The van der Waals surface area contributed by atoms with Crippen LogP contribution in [0, 0.1) is 29.1 Å². The summed E-state index contributed by atoms with van der Waals surface area (Å²) in [7, 11) is 0. The third kappa shape index (κ3) is 26.0. The Labute approximate surface area is 177 Å². The van der Waals surface area contributed by atoms with Crippen LogP contribution >= 0.6 is 0 Å². The summed E-state index contributed by atoms with van der Waals surface area (Å²) >= 11 is 0. The average molecular weight is 387 g/mol. The van der Waals surface area contributed by atoms with Crippen molar-refractivity contribution in [2.24, 2.45) is 29.1 Å². The molecule has 0 nitrogen and oxygen atoms in total. The van der Waals surface area contributed by atoms with Crippen molar-refractivity contribution < 1.29 is 0 Å². The topological polar surface area (TPSA) is 0 Å². The minimum atomic E-state index is 0. The van der Waals surface area contributed by atoms with Crippen LogP contribution in [0.5, 0.6) is 0 Å². The van der Waals surface area contributed by atoms with Crippen molar-refractivity contribution >= 4 is 0 Å². The van der Waals surface area contributed by atoms with E-state index in [1.165, 1.54) is 70.6 Å². The highest BCUT2D eigenvalue weighted by Gasteiger charge is 2.13. The van der Waals surface area contributed by atoms with Crippen molar-refractivity contribution in [3.8, 4) is 0 Å². The molecule has 0 fully saturated rings. The molecule has 0 radical (unpaired) electrons. The second kappa shape index (κ2) is 19.3. The van der Waals surface area contributed by atoms with Crippen molar-refractivity contribution in [1.29, 1.82) is 0 Å². The Morgan fingerprint density at radius 1 is 0.481 bits per heavy atom. The first-order valence-corrected chi connectivity index (χ1v) is 11.1. The van der Waals surface area contributed by atoms with Gasteiger partial charge in [0.15, 0.2) is 0 Å². The summed E-state index contributed by atoms with van der Waals surface area (Å²) in [5.74, 6) is 3.66. The maximum atomic E-state index is 2.48. The second-order valence-electron chi connectivity index (χ2n) is 10.6. The van der Waals surface area contributed by atoms with Crippen LogP contribution in [0.15, 0.2) is 0 Å². The third-order valence-corrected chi connectivity index (χ3v) is 5.65. The van der Waals surface area contributed by atoms with Gasteiger partial charge in [0.2, 0.25) is 0 Å². The minimum absolute atomic E-state index is 0. The molecule has 0 aromatic rings. The fourth-order valence-electron chi connectivity index (χ4n) is 3.62. The molecule has 0 aliphatic carbocycles. The number of hydrogen-bond acceptors (Lipinski definition) is 0. The standard InChI is InChI=1S/C24H50.3CH4/c1-20(2)12-9-13-21(3)14-10-15-22(4)16-11-17-23(5)18-19-24(6,7)8;;;/h20-23H,9-19H2,1-8H3;3*1H4. The maximum Gasteiger partial charge on any atom is -0.0383 e. The molecule has 0 bridgehead atoms. The van der Waals surface area contributed by atoms with Crippen LogP contribution in [0.3, 0.4) is 0 Å². The molecule has 0 heteroatoms. The van der Waals surface area contributed by atoms with Gasteiger partial charge < -0.3 is 0 Å². The van der Waals surface area contributed by atoms with E-state index in [0.717, 1.165) is 23.7 Å². The van der Waals surface area contributed by atoms with Gasteiger partial charge in [0.1, 0.15) is 0 Å². The Morgan fingerprint density at radius 2 is 0.778 bits per heavy atom. The van der Waals surface area contributed by atoms with Gasteiger partial charge in [-0.05, 0) is 35.5 Å². The van der Waals surface area contributed by atoms with Gasteiger partial charge >= 0.3 is 0 Å². The molecule has 170 valence electrons. The van der Waals surface area contributed by atoms with Gasteiger partial charge in [-0.3, -0.25) is 0 Å². The molecule has 0 saturated heterocycles. The smallest absolute Gasteiger partial charge is 0.0383 e. The summed E-state index contributed by atoms with van der Waals surface area (Å²) in [4.78, 5) is 0. The Morgan fingerprint density at radius 3 is 1.07 bits per heavy atom. The first-order chi connectivity index (χ1) is 11.1. The minimum Gasteiger partial charge on any atom is -0.0776 e. The lowest BCUT2D eigenvalue weighted by Gasteiger charge is -2.21. The summed E-state index contributed by atoms with van der Waals surface area (Å²) in [6, 6.07) is 0. The summed E-state index contributed by atoms with van der Waals surface area (Å²) in [6.45, 7) is 19.2. The van der Waals surface area contributed by atoms with Gasteiger partial charge in [0.25, 0.3) is 0 Å². The van der Waals surface area contributed by atoms with Crippen molar-refractivity contribution in [2.45, 2.75) is 148 Å². The predicted molar refractivity (Wildman–Crippen MR) is 133 cm³/mol. The Kier molecular flexibility index (Phi) is 24.7. The molecular formula is C27H62. The monoisotopic (exact) mass is 386 g/mol. The lowest BCUT2D eigenvalue weighted by molar-refractivity contribution is 0.313. The number of rotatable bonds is 14. The summed E-state index contributed by atoms with van der Waals surface area (Å²) in [6.07, 6.45) is 15.7. The fourth-order valence-corrected chi connectivity index (χ4v) is 3.62. The Hall–Kier alpha value is 0. The van der Waals surface area contributed by atoms with Gasteiger partial charge in [0, 0.05) is 0 Å². The largest absolute Gasteiger partial charge is 0.0776 e. The van der Waals surface area contributed by atoms with Crippen LogP contribution < -0.4 is 0 Å². The molecule has 0 saturated carbocycles. The highest BCUT2D eigenvalue weighted by Crippen LogP contribution is 2.27. The molecule has 0 rings (SSSR count). The Balaban J connectivity index is -0.000000882. The fraction of sp³-hybridized carbons (Fsp3) is 1.00. The first kappa shape index (κ1) is 34.5. The molecule has 0 N–H and O–H groups in total. The molecule has 3 unspecified atom stereocenters. The zero-order valence-corrected chi connectivity index (χ0v) is 18.6. The Bertz CT molecular complexity index is 270. The van der Waals surface area contributed by atoms with E-state index in [4.69, 9.17) is 0 Å². The van der Waals surface area contributed by atoms with E-state index >= 15 is 0 Å². The van der Waals surface area contributed by atoms with Crippen molar-refractivity contribution in [3.63, 3.8) is 0 Å². The van der Waals surface area contributed by atoms with Crippen molar-refractivity contribution in [2.75, 3.05) is 0 Å². The molecule has 3 atom stereocenters. The van der Waals surface area contributed by atoms with E-state index in [1.54, 1.807) is 0 Å². The maximum absolute atomic E-state index is 2.48. The van der Waals surface area contributed by atoms with Gasteiger partial charge in [-0.15, -0.1) is 0 Å². The molecular weight excluding hydrogens is 324 g/mol. The van der Waals surface area contributed by atoms with Crippen LogP contribution in [0.25, 0.3) is 0 Å². The van der Waals surface area contributed by atoms with E-state index in [0.29, 0.717) is 5.41 Å². The van der Waals surface area contributed by atoms with Gasteiger partial charge in [0.05, 0.1) is 0 Å².